The van der Waals surface area contributed by atoms with Gasteiger partial charge >= 0.3 is 0 Å². The Balaban J connectivity index is 1.22. The zero-order chi connectivity index (χ0) is 33.5. The van der Waals surface area contributed by atoms with Crippen LogP contribution in [0.3, 0.4) is 0 Å². The second kappa shape index (κ2) is 15.2. The van der Waals surface area contributed by atoms with Crippen LogP contribution in [0.5, 0.6) is 11.5 Å². The molecule has 0 aliphatic carbocycles. The highest BCUT2D eigenvalue weighted by Gasteiger charge is 2.20. The van der Waals surface area contributed by atoms with E-state index in [0.29, 0.717) is 63.8 Å². The van der Waals surface area contributed by atoms with Crippen LogP contribution in [0.4, 0.5) is 0 Å². The van der Waals surface area contributed by atoms with Gasteiger partial charge in [0.25, 0.3) is 0 Å². The van der Waals surface area contributed by atoms with E-state index in [9.17, 15) is 9.59 Å². The largest absolute Gasteiger partial charge is 0.493 e. The van der Waals surface area contributed by atoms with Crippen molar-refractivity contribution in [1.82, 2.24) is 34.1 Å². The lowest BCUT2D eigenvalue weighted by Gasteiger charge is -2.25. The van der Waals surface area contributed by atoms with Crippen molar-refractivity contribution in [3.8, 4) is 22.9 Å². The number of aryl methyl sites for hydroxylation is 4. The lowest BCUT2D eigenvalue weighted by atomic mass is 10.0. The van der Waals surface area contributed by atoms with Crippen LogP contribution in [0.1, 0.15) is 42.4 Å². The van der Waals surface area contributed by atoms with E-state index in [2.05, 4.69) is 32.7 Å². The summed E-state index contributed by atoms with van der Waals surface area (Å²) in [5.74, 6) is 2.12. The Labute approximate surface area is 280 Å². The molecule has 0 N–H and O–H groups in total. The molecule has 0 saturated heterocycles. The summed E-state index contributed by atoms with van der Waals surface area (Å²) in [5, 5.41) is 8.70. The van der Waals surface area contributed by atoms with Crippen molar-refractivity contribution in [3.05, 3.63) is 78.3 Å². The van der Waals surface area contributed by atoms with E-state index in [1.165, 1.54) is 0 Å². The third-order valence-electron chi connectivity index (χ3n) is 8.88. The SMILES string of the molecule is COc1ccc2cc1OCCN(C(=O)CCn1cnnc1)CCCCN(C(=O)Cc1coc3cc(C)cc(C)c13)CCCn1ccnc1-2. The lowest BCUT2D eigenvalue weighted by Crippen LogP contribution is -2.37. The molecule has 0 radical (unpaired) electrons. The average Bonchev–Trinajstić information content (AvgIpc) is 3.85. The fourth-order valence-corrected chi connectivity index (χ4v) is 6.46. The van der Waals surface area contributed by atoms with Gasteiger partial charge in [0.15, 0.2) is 11.5 Å². The molecule has 0 unspecified atom stereocenters. The Morgan fingerprint density at radius 2 is 1.69 bits per heavy atom. The number of aromatic nitrogens is 5. The number of amides is 2. The third kappa shape index (κ3) is 7.70. The first-order valence-corrected chi connectivity index (χ1v) is 16.6. The summed E-state index contributed by atoms with van der Waals surface area (Å²) in [6, 6.07) is 9.92. The standard InChI is InChI=1S/C36H43N7O5/c1-26-19-27(2)35-29(23-48-32(35)20-26)22-34(45)41-11-4-5-12-42(33(44)9-15-40-24-38-39-25-40)17-18-47-31-21-28(7-8-30(31)46-3)36-37-10-16-43(36)14-6-13-41/h7-8,10,16,19-21,23-25H,4-6,9,11-15,17-18,22H2,1-3H3. The molecule has 4 heterocycles. The minimum Gasteiger partial charge on any atom is -0.493 e. The van der Waals surface area contributed by atoms with Gasteiger partial charge in [0.2, 0.25) is 11.8 Å². The van der Waals surface area contributed by atoms with Crippen molar-refractivity contribution in [1.29, 1.82) is 0 Å². The molecule has 0 fully saturated rings. The van der Waals surface area contributed by atoms with Crippen molar-refractivity contribution in [3.63, 3.8) is 0 Å². The third-order valence-corrected chi connectivity index (χ3v) is 8.88. The lowest BCUT2D eigenvalue weighted by molar-refractivity contribution is -0.132. The number of hydrogen-bond acceptors (Lipinski definition) is 8. The van der Waals surface area contributed by atoms with Gasteiger partial charge in [-0.05, 0) is 68.5 Å². The Morgan fingerprint density at radius 1 is 0.917 bits per heavy atom. The number of furan rings is 1. The number of rotatable bonds is 6. The number of hydrogen-bond donors (Lipinski definition) is 0. The van der Waals surface area contributed by atoms with E-state index in [-0.39, 0.29) is 18.2 Å². The topological polar surface area (TPSA) is 121 Å². The average molecular weight is 654 g/mol. The highest BCUT2D eigenvalue weighted by Crippen LogP contribution is 2.32. The maximum absolute atomic E-state index is 13.9. The molecule has 12 nitrogen and oxygen atoms in total. The maximum atomic E-state index is 13.9. The summed E-state index contributed by atoms with van der Waals surface area (Å²) in [6.07, 6.45) is 11.6. The van der Waals surface area contributed by atoms with Crippen LogP contribution in [0.25, 0.3) is 22.4 Å². The highest BCUT2D eigenvalue weighted by atomic mass is 16.5. The number of ether oxygens (including phenoxy) is 2. The van der Waals surface area contributed by atoms with Crippen LogP contribution in [0.15, 0.2) is 66.1 Å². The quantitative estimate of drug-likeness (QED) is 0.249. The van der Waals surface area contributed by atoms with Gasteiger partial charge in [-0.3, -0.25) is 9.59 Å². The van der Waals surface area contributed by atoms with Crippen molar-refractivity contribution < 1.29 is 23.5 Å². The molecule has 1 aliphatic heterocycles. The Kier molecular flexibility index (Phi) is 10.4. The monoisotopic (exact) mass is 653 g/mol. The minimum atomic E-state index is 0.0262. The van der Waals surface area contributed by atoms with Gasteiger partial charge in [-0.15, -0.1) is 10.2 Å². The molecular formula is C36H43N7O5. The Hall–Kier alpha value is -5.13. The van der Waals surface area contributed by atoms with Crippen molar-refractivity contribution in [2.24, 2.45) is 0 Å². The second-order valence-corrected chi connectivity index (χ2v) is 12.3. The number of fused-ring (bicyclic) bond motifs is 5. The predicted octanol–water partition coefficient (Wildman–Crippen LogP) is 5.07. The first-order valence-electron chi connectivity index (χ1n) is 16.6. The van der Waals surface area contributed by atoms with Crippen LogP contribution in [0.2, 0.25) is 0 Å². The molecule has 0 atom stereocenters. The smallest absolute Gasteiger partial charge is 0.227 e. The van der Waals surface area contributed by atoms with Crippen molar-refractivity contribution in [2.45, 2.75) is 59.0 Å². The number of benzene rings is 2. The first-order chi connectivity index (χ1) is 23.4. The molecule has 2 aromatic carbocycles. The maximum Gasteiger partial charge on any atom is 0.227 e. The molecule has 12 heteroatoms. The van der Waals surface area contributed by atoms with Gasteiger partial charge in [-0.25, -0.2) is 4.98 Å². The molecule has 0 saturated carbocycles. The number of carbonyl (C=O) groups is 2. The molecule has 5 aromatic rings. The highest BCUT2D eigenvalue weighted by molar-refractivity contribution is 5.90. The Bertz CT molecular complexity index is 1840. The Morgan fingerprint density at radius 3 is 2.48 bits per heavy atom. The van der Waals surface area contributed by atoms with Crippen molar-refractivity contribution in [2.75, 3.05) is 39.9 Å². The van der Waals surface area contributed by atoms with Crippen LogP contribution in [0, 0.1) is 13.8 Å². The van der Waals surface area contributed by atoms with Gasteiger partial charge in [0.1, 0.15) is 30.7 Å². The van der Waals surface area contributed by atoms with E-state index in [0.717, 1.165) is 58.3 Å². The molecule has 0 spiro atoms. The van der Waals surface area contributed by atoms with Crippen LogP contribution in [-0.2, 0) is 29.1 Å². The van der Waals surface area contributed by atoms with Crippen LogP contribution >= 0.6 is 0 Å². The fraction of sp³-hybridized carbons (Fsp3) is 0.417. The van der Waals surface area contributed by atoms with E-state index in [1.54, 1.807) is 36.8 Å². The predicted molar refractivity (Wildman–Crippen MR) is 181 cm³/mol. The van der Waals surface area contributed by atoms with Gasteiger partial charge in [-0.1, -0.05) is 6.07 Å². The number of methoxy groups -OCH3 is 1. The van der Waals surface area contributed by atoms with Gasteiger partial charge in [0.05, 0.1) is 26.3 Å². The number of carbonyl (C=O) groups excluding carboxylic acids is 2. The van der Waals surface area contributed by atoms with Gasteiger partial charge in [0, 0.05) is 68.1 Å². The number of nitrogens with zero attached hydrogens (tertiary/aromatic N) is 7. The molecular weight excluding hydrogens is 610 g/mol. The molecule has 252 valence electrons. The molecule has 48 heavy (non-hydrogen) atoms. The summed E-state index contributed by atoms with van der Waals surface area (Å²) in [7, 11) is 1.61. The summed E-state index contributed by atoms with van der Waals surface area (Å²) in [4.78, 5) is 35.7. The summed E-state index contributed by atoms with van der Waals surface area (Å²) in [5.41, 5.74) is 4.86. The zero-order valence-corrected chi connectivity index (χ0v) is 27.9. The van der Waals surface area contributed by atoms with E-state index < -0.39 is 0 Å². The normalized spacial score (nSPS) is 14.7. The summed E-state index contributed by atoms with van der Waals surface area (Å²) in [6.45, 7) is 7.77. The molecule has 2 amide bonds. The molecule has 2 bridgehead atoms. The molecule has 1 aliphatic rings. The second-order valence-electron chi connectivity index (χ2n) is 12.3. The summed E-state index contributed by atoms with van der Waals surface area (Å²) < 4.78 is 21.6. The minimum absolute atomic E-state index is 0.0262. The van der Waals surface area contributed by atoms with Crippen LogP contribution in [-0.4, -0.2) is 85.8 Å². The van der Waals surface area contributed by atoms with E-state index >= 15 is 0 Å². The number of imidazole rings is 1. The van der Waals surface area contributed by atoms with Crippen molar-refractivity contribution >= 4 is 22.8 Å². The first kappa shape index (κ1) is 32.8. The van der Waals surface area contributed by atoms with Crippen LogP contribution < -0.4 is 9.47 Å². The summed E-state index contributed by atoms with van der Waals surface area (Å²) >= 11 is 0. The molecule has 6 rings (SSSR count). The van der Waals surface area contributed by atoms with E-state index in [4.69, 9.17) is 13.9 Å². The van der Waals surface area contributed by atoms with E-state index in [1.807, 2.05) is 47.2 Å². The molecule has 3 aromatic heterocycles. The van der Waals surface area contributed by atoms with Gasteiger partial charge in [-0.2, -0.15) is 0 Å². The zero-order valence-electron chi connectivity index (χ0n) is 27.9. The van der Waals surface area contributed by atoms with Gasteiger partial charge < -0.3 is 32.8 Å². The fourth-order valence-electron chi connectivity index (χ4n) is 6.46.